The van der Waals surface area contributed by atoms with E-state index in [0.29, 0.717) is 0 Å². The second kappa shape index (κ2) is 5.49. The number of aromatic carboxylic acids is 1. The molecule has 1 heterocycles. The first-order valence-electron chi connectivity index (χ1n) is 5.67. The summed E-state index contributed by atoms with van der Waals surface area (Å²) in [5.74, 6) is -3.12. The number of benzene rings is 1. The van der Waals surface area contributed by atoms with E-state index < -0.39 is 29.0 Å². The minimum absolute atomic E-state index is 0.0270. The first-order valence-corrected chi connectivity index (χ1v) is 6.04. The van der Waals surface area contributed by atoms with Crippen LogP contribution in [0.25, 0.3) is 17.3 Å². The van der Waals surface area contributed by atoms with Crippen molar-refractivity contribution in [2.45, 2.75) is 0 Å². The Morgan fingerprint density at radius 1 is 1.43 bits per heavy atom. The third-order valence-corrected chi connectivity index (χ3v) is 3.12. The highest BCUT2D eigenvalue weighted by atomic mass is 35.5. The Kier molecular flexibility index (Phi) is 3.90. The summed E-state index contributed by atoms with van der Waals surface area (Å²) < 4.78 is 27.7. The van der Waals surface area contributed by atoms with E-state index in [1.807, 2.05) is 0 Å². The molecule has 21 heavy (non-hydrogen) atoms. The molecule has 0 bridgehead atoms. The van der Waals surface area contributed by atoms with Crippen LogP contribution in [-0.2, 0) is 0 Å². The quantitative estimate of drug-likeness (QED) is 0.908. The van der Waals surface area contributed by atoms with Crippen LogP contribution in [0.3, 0.4) is 0 Å². The van der Waals surface area contributed by atoms with Gasteiger partial charge in [0.05, 0.1) is 10.7 Å². The van der Waals surface area contributed by atoms with Gasteiger partial charge < -0.3 is 10.8 Å². The minimum atomic E-state index is -1.40. The van der Waals surface area contributed by atoms with Crippen molar-refractivity contribution in [1.29, 1.82) is 0 Å². The Morgan fingerprint density at radius 2 is 2.10 bits per heavy atom. The molecule has 7 heteroatoms. The van der Waals surface area contributed by atoms with Crippen molar-refractivity contribution in [2.75, 3.05) is 5.73 Å². The highest BCUT2D eigenvalue weighted by Gasteiger charge is 2.21. The maximum absolute atomic E-state index is 14.2. The number of carbonyl (C=O) groups is 1. The molecule has 0 unspecified atom stereocenters. The maximum atomic E-state index is 14.2. The summed E-state index contributed by atoms with van der Waals surface area (Å²) >= 11 is 5.55. The van der Waals surface area contributed by atoms with Crippen LogP contribution in [0.4, 0.5) is 14.5 Å². The molecule has 0 radical (unpaired) electrons. The summed E-state index contributed by atoms with van der Waals surface area (Å²) in [4.78, 5) is 14.9. The third-order valence-electron chi connectivity index (χ3n) is 2.81. The number of rotatable bonds is 3. The predicted octanol–water partition coefficient (Wildman–Crippen LogP) is 3.60. The molecule has 4 nitrogen and oxygen atoms in total. The highest BCUT2D eigenvalue weighted by Crippen LogP contribution is 2.31. The number of hydrogen-bond donors (Lipinski definition) is 2. The van der Waals surface area contributed by atoms with E-state index in [-0.39, 0.29) is 21.8 Å². The molecular formula is C14H9ClF2N2O2. The topological polar surface area (TPSA) is 76.2 Å². The van der Waals surface area contributed by atoms with Crippen molar-refractivity contribution in [3.8, 4) is 11.3 Å². The number of nitrogens with zero attached hydrogens (tertiary/aromatic N) is 1. The molecule has 108 valence electrons. The van der Waals surface area contributed by atoms with E-state index in [0.717, 1.165) is 12.1 Å². The fourth-order valence-corrected chi connectivity index (χ4v) is 1.92. The Hall–Kier alpha value is -2.47. The van der Waals surface area contributed by atoms with Gasteiger partial charge in [-0.3, -0.25) is 0 Å². The molecular weight excluding hydrogens is 302 g/mol. The summed E-state index contributed by atoms with van der Waals surface area (Å²) in [5, 5.41) is 8.95. The van der Waals surface area contributed by atoms with Crippen LogP contribution in [-0.4, -0.2) is 16.1 Å². The van der Waals surface area contributed by atoms with Gasteiger partial charge in [0.25, 0.3) is 0 Å². The smallest absolute Gasteiger partial charge is 0.355 e. The molecule has 0 aliphatic heterocycles. The SMILES string of the molecule is C=Cc1c(C(=O)O)nc(-c2ccc(Cl)c(F)c2)c(F)c1N. The second-order valence-electron chi connectivity index (χ2n) is 4.09. The first-order chi connectivity index (χ1) is 9.86. The largest absolute Gasteiger partial charge is 0.476 e. The van der Waals surface area contributed by atoms with Crippen molar-refractivity contribution in [3.63, 3.8) is 0 Å². The van der Waals surface area contributed by atoms with E-state index in [1.165, 1.54) is 12.1 Å². The molecule has 0 fully saturated rings. The minimum Gasteiger partial charge on any atom is -0.476 e. The van der Waals surface area contributed by atoms with Gasteiger partial charge in [0.1, 0.15) is 11.5 Å². The molecule has 0 spiro atoms. The van der Waals surface area contributed by atoms with Gasteiger partial charge in [-0.15, -0.1) is 0 Å². The Bertz CT molecular complexity index is 763. The second-order valence-corrected chi connectivity index (χ2v) is 4.50. The van der Waals surface area contributed by atoms with Gasteiger partial charge in [0, 0.05) is 11.1 Å². The van der Waals surface area contributed by atoms with Crippen LogP contribution in [0.15, 0.2) is 24.8 Å². The molecule has 0 amide bonds. The zero-order valence-electron chi connectivity index (χ0n) is 10.5. The molecule has 0 aliphatic carbocycles. The van der Waals surface area contributed by atoms with Crippen LogP contribution in [0.5, 0.6) is 0 Å². The van der Waals surface area contributed by atoms with E-state index in [1.54, 1.807) is 0 Å². The summed E-state index contributed by atoms with van der Waals surface area (Å²) in [6, 6.07) is 3.48. The molecule has 2 aromatic rings. The molecule has 3 N–H and O–H groups in total. The third kappa shape index (κ3) is 2.57. The lowest BCUT2D eigenvalue weighted by molar-refractivity contribution is 0.0690. The van der Waals surface area contributed by atoms with Crippen LogP contribution >= 0.6 is 11.6 Å². The number of hydrogen-bond acceptors (Lipinski definition) is 3. The van der Waals surface area contributed by atoms with Gasteiger partial charge >= 0.3 is 5.97 Å². The lowest BCUT2D eigenvalue weighted by atomic mass is 10.0. The highest BCUT2D eigenvalue weighted by molar-refractivity contribution is 6.30. The summed E-state index contributed by atoms with van der Waals surface area (Å²) in [5.41, 5.74) is 4.22. The molecule has 0 saturated carbocycles. The van der Waals surface area contributed by atoms with Crippen molar-refractivity contribution in [3.05, 3.63) is 52.7 Å². The van der Waals surface area contributed by atoms with Crippen LogP contribution in [0, 0.1) is 11.6 Å². The number of aromatic nitrogens is 1. The average Bonchev–Trinajstić information content (AvgIpc) is 2.44. The monoisotopic (exact) mass is 310 g/mol. The van der Waals surface area contributed by atoms with Crippen LogP contribution in [0.2, 0.25) is 5.02 Å². The van der Waals surface area contributed by atoms with Gasteiger partial charge in [-0.2, -0.15) is 0 Å². The summed E-state index contributed by atoms with van der Waals surface area (Å²) in [7, 11) is 0. The Labute approximate surface area is 123 Å². The fourth-order valence-electron chi connectivity index (χ4n) is 1.80. The van der Waals surface area contributed by atoms with Gasteiger partial charge in [0.2, 0.25) is 0 Å². The van der Waals surface area contributed by atoms with E-state index in [9.17, 15) is 13.6 Å². The van der Waals surface area contributed by atoms with E-state index >= 15 is 0 Å². The Balaban J connectivity index is 2.77. The maximum Gasteiger partial charge on any atom is 0.355 e. The lowest BCUT2D eigenvalue weighted by Gasteiger charge is -2.11. The number of anilines is 1. The summed E-state index contributed by atoms with van der Waals surface area (Å²) in [6.07, 6.45) is 1.10. The number of carboxylic acid groups (broad SMARTS) is 1. The fraction of sp³-hybridized carbons (Fsp3) is 0. The first kappa shape index (κ1) is 14.9. The van der Waals surface area contributed by atoms with Gasteiger partial charge in [-0.05, 0) is 12.1 Å². The van der Waals surface area contributed by atoms with Gasteiger partial charge in [-0.1, -0.05) is 30.3 Å². The number of halogens is 3. The van der Waals surface area contributed by atoms with Crippen LogP contribution < -0.4 is 5.73 Å². The molecule has 1 aromatic carbocycles. The zero-order valence-corrected chi connectivity index (χ0v) is 11.3. The standard InChI is InChI=1S/C14H9ClF2N2O2/c1-2-7-11(18)10(17)12(19-13(7)14(20)21)6-3-4-8(15)9(16)5-6/h2-5H,1H2,(H2,18,19)(H,20,21). The predicted molar refractivity (Wildman–Crippen MR) is 76.1 cm³/mol. The number of nitrogens with two attached hydrogens (primary N) is 1. The molecule has 0 saturated heterocycles. The van der Waals surface area contributed by atoms with E-state index in [4.69, 9.17) is 22.4 Å². The molecule has 1 aromatic heterocycles. The van der Waals surface area contributed by atoms with Gasteiger partial charge in [0.15, 0.2) is 11.5 Å². The van der Waals surface area contributed by atoms with Crippen molar-refractivity contribution in [1.82, 2.24) is 4.98 Å². The van der Waals surface area contributed by atoms with Gasteiger partial charge in [-0.25, -0.2) is 18.6 Å². The molecule has 0 aliphatic rings. The zero-order chi connectivity index (χ0) is 15.7. The van der Waals surface area contributed by atoms with E-state index in [2.05, 4.69) is 11.6 Å². The van der Waals surface area contributed by atoms with Crippen molar-refractivity contribution < 1.29 is 18.7 Å². The summed E-state index contributed by atoms with van der Waals surface area (Å²) in [6.45, 7) is 3.38. The van der Waals surface area contributed by atoms with Crippen molar-refractivity contribution in [2.24, 2.45) is 0 Å². The molecule has 0 atom stereocenters. The molecule has 2 rings (SSSR count). The number of pyridine rings is 1. The lowest BCUT2D eigenvalue weighted by Crippen LogP contribution is -2.10. The average molecular weight is 311 g/mol. The number of nitrogen functional groups attached to an aromatic ring is 1. The van der Waals surface area contributed by atoms with Crippen molar-refractivity contribution >= 4 is 29.3 Å². The Morgan fingerprint density at radius 3 is 2.62 bits per heavy atom. The van der Waals surface area contributed by atoms with Crippen LogP contribution in [0.1, 0.15) is 16.1 Å². The number of carboxylic acids is 1. The normalized spacial score (nSPS) is 10.4.